The molecule has 1 aromatic rings. The topological polar surface area (TPSA) is 25.8 Å². The summed E-state index contributed by atoms with van der Waals surface area (Å²) in [5.41, 5.74) is 1.77. The SMILES string of the molecule is Cc1ncc(CC(C)C)nc1Cl. The smallest absolute Gasteiger partial charge is 0.150 e. The Hall–Kier alpha value is -0.630. The summed E-state index contributed by atoms with van der Waals surface area (Å²) < 4.78 is 0. The van der Waals surface area contributed by atoms with E-state index >= 15 is 0 Å². The van der Waals surface area contributed by atoms with Crippen LogP contribution in [-0.2, 0) is 6.42 Å². The summed E-state index contributed by atoms with van der Waals surface area (Å²) in [4.78, 5) is 8.35. The molecule has 0 radical (unpaired) electrons. The van der Waals surface area contributed by atoms with Gasteiger partial charge in [-0.05, 0) is 19.3 Å². The van der Waals surface area contributed by atoms with Crippen LogP contribution in [0.25, 0.3) is 0 Å². The standard InChI is InChI=1S/C9H13ClN2/c1-6(2)4-8-5-11-7(3)9(10)12-8/h5-6H,4H2,1-3H3. The Bertz CT molecular complexity index is 271. The van der Waals surface area contributed by atoms with Crippen molar-refractivity contribution in [2.24, 2.45) is 5.92 Å². The van der Waals surface area contributed by atoms with Crippen LogP contribution in [0.15, 0.2) is 6.20 Å². The van der Waals surface area contributed by atoms with Gasteiger partial charge in [-0.3, -0.25) is 4.98 Å². The molecule has 3 heteroatoms. The molecule has 1 aromatic heterocycles. The van der Waals surface area contributed by atoms with E-state index in [0.29, 0.717) is 11.1 Å². The van der Waals surface area contributed by atoms with Crippen molar-refractivity contribution in [1.29, 1.82) is 0 Å². The molecule has 0 bridgehead atoms. The Morgan fingerprint density at radius 1 is 1.50 bits per heavy atom. The van der Waals surface area contributed by atoms with E-state index in [9.17, 15) is 0 Å². The van der Waals surface area contributed by atoms with Gasteiger partial charge in [-0.1, -0.05) is 25.4 Å². The van der Waals surface area contributed by atoms with Crippen molar-refractivity contribution >= 4 is 11.6 Å². The first-order valence-electron chi connectivity index (χ1n) is 4.07. The molecule has 0 spiro atoms. The van der Waals surface area contributed by atoms with Crippen LogP contribution < -0.4 is 0 Å². The quantitative estimate of drug-likeness (QED) is 0.706. The lowest BCUT2D eigenvalue weighted by Gasteiger charge is -2.04. The van der Waals surface area contributed by atoms with Gasteiger partial charge in [-0.15, -0.1) is 0 Å². The number of rotatable bonds is 2. The van der Waals surface area contributed by atoms with E-state index in [-0.39, 0.29) is 0 Å². The molecule has 12 heavy (non-hydrogen) atoms. The van der Waals surface area contributed by atoms with E-state index in [1.807, 2.05) is 6.92 Å². The van der Waals surface area contributed by atoms with Gasteiger partial charge in [0.15, 0.2) is 5.15 Å². The van der Waals surface area contributed by atoms with Crippen LogP contribution in [-0.4, -0.2) is 9.97 Å². The van der Waals surface area contributed by atoms with Crippen molar-refractivity contribution in [2.75, 3.05) is 0 Å². The minimum atomic E-state index is 0.521. The van der Waals surface area contributed by atoms with Gasteiger partial charge in [0, 0.05) is 6.20 Å². The summed E-state index contributed by atoms with van der Waals surface area (Å²) in [6.07, 6.45) is 2.73. The fraction of sp³-hybridized carbons (Fsp3) is 0.556. The minimum Gasteiger partial charge on any atom is -0.256 e. The third-order valence-corrected chi connectivity index (χ3v) is 1.92. The third-order valence-electron chi connectivity index (χ3n) is 1.56. The Kier molecular flexibility index (Phi) is 3.04. The maximum Gasteiger partial charge on any atom is 0.150 e. The number of halogens is 1. The number of hydrogen-bond donors (Lipinski definition) is 0. The Morgan fingerprint density at radius 3 is 2.67 bits per heavy atom. The summed E-state index contributed by atoms with van der Waals surface area (Å²) >= 11 is 5.82. The average Bonchev–Trinajstić information content (AvgIpc) is 1.96. The van der Waals surface area contributed by atoms with Gasteiger partial charge in [0.05, 0.1) is 11.4 Å². The second-order valence-electron chi connectivity index (χ2n) is 3.34. The van der Waals surface area contributed by atoms with Crippen molar-refractivity contribution in [3.63, 3.8) is 0 Å². The second kappa shape index (κ2) is 3.85. The molecule has 0 aliphatic rings. The summed E-state index contributed by atoms with van der Waals surface area (Å²) in [7, 11) is 0. The lowest BCUT2D eigenvalue weighted by atomic mass is 10.1. The van der Waals surface area contributed by atoms with Crippen LogP contribution >= 0.6 is 11.6 Å². The molecule has 0 aliphatic heterocycles. The largest absolute Gasteiger partial charge is 0.256 e. The highest BCUT2D eigenvalue weighted by molar-refractivity contribution is 6.29. The zero-order valence-electron chi connectivity index (χ0n) is 7.63. The number of hydrogen-bond acceptors (Lipinski definition) is 2. The van der Waals surface area contributed by atoms with E-state index in [1.165, 1.54) is 0 Å². The van der Waals surface area contributed by atoms with Crippen molar-refractivity contribution in [1.82, 2.24) is 9.97 Å². The summed E-state index contributed by atoms with van der Waals surface area (Å²) in [5.74, 6) is 0.595. The van der Waals surface area contributed by atoms with Crippen LogP contribution in [0, 0.1) is 12.8 Å². The molecule has 0 aromatic carbocycles. The van der Waals surface area contributed by atoms with Crippen LogP contribution in [0.4, 0.5) is 0 Å². The molecule has 1 heterocycles. The second-order valence-corrected chi connectivity index (χ2v) is 3.69. The lowest BCUT2D eigenvalue weighted by Crippen LogP contribution is -1.99. The molecule has 0 atom stereocenters. The van der Waals surface area contributed by atoms with E-state index < -0.39 is 0 Å². The van der Waals surface area contributed by atoms with Crippen molar-refractivity contribution in [3.8, 4) is 0 Å². The molecule has 0 saturated carbocycles. The first-order chi connectivity index (χ1) is 5.59. The van der Waals surface area contributed by atoms with Gasteiger partial charge in [-0.25, -0.2) is 4.98 Å². The fourth-order valence-electron chi connectivity index (χ4n) is 0.977. The molecule has 66 valence electrons. The molecule has 0 unspecified atom stereocenters. The monoisotopic (exact) mass is 184 g/mol. The number of aryl methyl sites for hydroxylation is 1. The lowest BCUT2D eigenvalue weighted by molar-refractivity contribution is 0.632. The molecule has 0 fully saturated rings. The molecule has 0 saturated heterocycles. The third kappa shape index (κ3) is 2.45. The van der Waals surface area contributed by atoms with Gasteiger partial charge in [0.1, 0.15) is 0 Å². The highest BCUT2D eigenvalue weighted by Gasteiger charge is 2.02. The number of nitrogens with zero attached hydrogens (tertiary/aromatic N) is 2. The zero-order valence-corrected chi connectivity index (χ0v) is 8.39. The van der Waals surface area contributed by atoms with Crippen LogP contribution in [0.2, 0.25) is 5.15 Å². The maximum atomic E-state index is 5.82. The summed E-state index contributed by atoms with van der Waals surface area (Å²) in [6, 6.07) is 0. The van der Waals surface area contributed by atoms with Crippen LogP contribution in [0.1, 0.15) is 25.2 Å². The van der Waals surface area contributed by atoms with Gasteiger partial charge in [0.25, 0.3) is 0 Å². The molecular formula is C9H13ClN2. The fourth-order valence-corrected chi connectivity index (χ4v) is 1.13. The van der Waals surface area contributed by atoms with E-state index in [0.717, 1.165) is 17.8 Å². The summed E-state index contributed by atoms with van der Waals surface area (Å²) in [5, 5.41) is 0.521. The minimum absolute atomic E-state index is 0.521. The van der Waals surface area contributed by atoms with Gasteiger partial charge < -0.3 is 0 Å². The Morgan fingerprint density at radius 2 is 2.17 bits per heavy atom. The molecule has 1 rings (SSSR count). The molecule has 2 nitrogen and oxygen atoms in total. The first-order valence-corrected chi connectivity index (χ1v) is 4.45. The van der Waals surface area contributed by atoms with Crippen LogP contribution in [0.3, 0.4) is 0 Å². The highest BCUT2D eigenvalue weighted by Crippen LogP contribution is 2.11. The molecular weight excluding hydrogens is 172 g/mol. The van der Waals surface area contributed by atoms with E-state index in [4.69, 9.17) is 11.6 Å². The van der Waals surface area contributed by atoms with Gasteiger partial charge in [0.2, 0.25) is 0 Å². The van der Waals surface area contributed by atoms with Crippen molar-refractivity contribution in [3.05, 3.63) is 22.7 Å². The zero-order chi connectivity index (χ0) is 9.14. The summed E-state index contributed by atoms with van der Waals surface area (Å²) in [6.45, 7) is 6.15. The van der Waals surface area contributed by atoms with Crippen molar-refractivity contribution in [2.45, 2.75) is 27.2 Å². The number of aromatic nitrogens is 2. The predicted octanol–water partition coefficient (Wildman–Crippen LogP) is 2.64. The van der Waals surface area contributed by atoms with Crippen molar-refractivity contribution < 1.29 is 0 Å². The highest BCUT2D eigenvalue weighted by atomic mass is 35.5. The van der Waals surface area contributed by atoms with Crippen LogP contribution in [0.5, 0.6) is 0 Å². The van der Waals surface area contributed by atoms with Gasteiger partial charge >= 0.3 is 0 Å². The average molecular weight is 185 g/mol. The van der Waals surface area contributed by atoms with Gasteiger partial charge in [-0.2, -0.15) is 0 Å². The Balaban J connectivity index is 2.82. The predicted molar refractivity (Wildman–Crippen MR) is 50.3 cm³/mol. The first kappa shape index (κ1) is 9.46. The Labute approximate surface area is 78.0 Å². The molecule has 0 amide bonds. The van der Waals surface area contributed by atoms with E-state index in [1.54, 1.807) is 6.20 Å². The maximum absolute atomic E-state index is 5.82. The normalized spacial score (nSPS) is 10.8. The molecule has 0 aliphatic carbocycles. The van der Waals surface area contributed by atoms with E-state index in [2.05, 4.69) is 23.8 Å². The molecule has 0 N–H and O–H groups in total.